The molecule has 2 heterocycles. The third kappa shape index (κ3) is 4.95. The average Bonchev–Trinajstić information content (AvgIpc) is 2.85. The molecule has 1 saturated heterocycles. The zero-order valence-electron chi connectivity index (χ0n) is 11.8. The van der Waals surface area contributed by atoms with Gasteiger partial charge in [-0.05, 0) is 38.6 Å². The van der Waals surface area contributed by atoms with Crippen molar-refractivity contribution in [3.8, 4) is 0 Å². The largest absolute Gasteiger partial charge is 0.334 e. The molecular weight excluding hydrogens is 312 g/mol. The lowest BCUT2D eigenvalue weighted by atomic mass is 10.1. The van der Waals surface area contributed by atoms with Gasteiger partial charge in [0.15, 0.2) is 0 Å². The Morgan fingerprint density at radius 1 is 1.52 bits per heavy atom. The predicted octanol–water partition coefficient (Wildman–Crippen LogP) is 0.289. The number of primary sulfonamides is 1. The number of amides is 2. The van der Waals surface area contributed by atoms with E-state index in [0.29, 0.717) is 0 Å². The van der Waals surface area contributed by atoms with E-state index in [1.54, 1.807) is 6.07 Å². The van der Waals surface area contributed by atoms with Gasteiger partial charge in [-0.2, -0.15) is 0 Å². The van der Waals surface area contributed by atoms with Gasteiger partial charge in [0.25, 0.3) is 0 Å². The Kier molecular flexibility index (Phi) is 5.20. The highest BCUT2D eigenvalue weighted by atomic mass is 32.2. The van der Waals surface area contributed by atoms with Gasteiger partial charge in [0.1, 0.15) is 4.21 Å². The zero-order valence-corrected chi connectivity index (χ0v) is 13.5. The van der Waals surface area contributed by atoms with Crippen molar-refractivity contribution in [2.24, 2.45) is 5.14 Å². The van der Waals surface area contributed by atoms with Gasteiger partial charge in [0.05, 0.1) is 6.54 Å². The molecule has 7 nitrogen and oxygen atoms in total. The highest BCUT2D eigenvalue weighted by Crippen LogP contribution is 2.19. The van der Waals surface area contributed by atoms with Crippen LogP contribution in [0.2, 0.25) is 0 Å². The van der Waals surface area contributed by atoms with Crippen LogP contribution in [-0.2, 0) is 16.6 Å². The number of nitrogens with zero attached hydrogens (tertiary/aromatic N) is 1. The number of rotatable bonds is 4. The third-order valence-corrected chi connectivity index (χ3v) is 5.82. The first-order valence-corrected chi connectivity index (χ1v) is 9.05. The van der Waals surface area contributed by atoms with Crippen LogP contribution in [0.15, 0.2) is 16.3 Å². The van der Waals surface area contributed by atoms with Gasteiger partial charge in [0, 0.05) is 17.5 Å². The fraction of sp³-hybridized carbons (Fsp3) is 0.583. The van der Waals surface area contributed by atoms with E-state index in [2.05, 4.69) is 15.5 Å². The van der Waals surface area contributed by atoms with Crippen LogP contribution in [0.4, 0.5) is 4.79 Å². The lowest BCUT2D eigenvalue weighted by Gasteiger charge is -2.30. The van der Waals surface area contributed by atoms with Crippen molar-refractivity contribution in [3.63, 3.8) is 0 Å². The topological polar surface area (TPSA) is 105 Å². The number of nitrogens with one attached hydrogen (secondary N) is 2. The number of thiophene rings is 1. The maximum Gasteiger partial charge on any atom is 0.315 e. The molecule has 9 heteroatoms. The van der Waals surface area contributed by atoms with Crippen molar-refractivity contribution < 1.29 is 13.2 Å². The predicted molar refractivity (Wildman–Crippen MR) is 81.6 cm³/mol. The Morgan fingerprint density at radius 3 is 2.90 bits per heavy atom. The van der Waals surface area contributed by atoms with Crippen LogP contribution >= 0.6 is 11.3 Å². The molecule has 1 aromatic rings. The van der Waals surface area contributed by atoms with Crippen LogP contribution in [0, 0.1) is 0 Å². The van der Waals surface area contributed by atoms with E-state index >= 15 is 0 Å². The summed E-state index contributed by atoms with van der Waals surface area (Å²) in [6.45, 7) is 2.20. The van der Waals surface area contributed by atoms with Crippen molar-refractivity contribution >= 4 is 27.4 Å². The zero-order chi connectivity index (χ0) is 15.5. The Hall–Kier alpha value is -1.16. The summed E-state index contributed by atoms with van der Waals surface area (Å²) in [5.41, 5.74) is 0. The molecule has 118 valence electrons. The fourth-order valence-electron chi connectivity index (χ4n) is 2.29. The van der Waals surface area contributed by atoms with Gasteiger partial charge in [-0.1, -0.05) is 0 Å². The lowest BCUT2D eigenvalue weighted by molar-refractivity contribution is 0.209. The highest BCUT2D eigenvalue weighted by Gasteiger charge is 2.19. The number of urea groups is 1. The Bertz CT molecular complexity index is 599. The molecular formula is C12H20N4O3S2. The second-order valence-corrected chi connectivity index (χ2v) is 8.15. The van der Waals surface area contributed by atoms with Crippen molar-refractivity contribution in [2.75, 3.05) is 20.1 Å². The normalized spacial score (nSPS) is 20.2. The van der Waals surface area contributed by atoms with E-state index < -0.39 is 10.0 Å². The monoisotopic (exact) mass is 332 g/mol. The second-order valence-electron chi connectivity index (χ2n) is 5.19. The van der Waals surface area contributed by atoms with Crippen molar-refractivity contribution in [2.45, 2.75) is 29.6 Å². The molecule has 2 rings (SSSR count). The van der Waals surface area contributed by atoms with Crippen LogP contribution in [-0.4, -0.2) is 45.5 Å². The fourth-order valence-corrected chi connectivity index (χ4v) is 4.01. The Balaban J connectivity index is 1.80. The van der Waals surface area contributed by atoms with Gasteiger partial charge in [0.2, 0.25) is 10.0 Å². The summed E-state index contributed by atoms with van der Waals surface area (Å²) in [6.07, 6.45) is 2.05. The number of carbonyl (C=O) groups excluding carboxylic acids is 1. The summed E-state index contributed by atoms with van der Waals surface area (Å²) in [5, 5.41) is 10.7. The molecule has 1 aliphatic heterocycles. The number of sulfonamides is 1. The molecule has 0 bridgehead atoms. The average molecular weight is 332 g/mol. The number of carbonyl (C=O) groups is 1. The molecule has 2 amide bonds. The van der Waals surface area contributed by atoms with Crippen LogP contribution in [0.3, 0.4) is 0 Å². The van der Waals surface area contributed by atoms with E-state index in [1.165, 1.54) is 6.07 Å². The van der Waals surface area contributed by atoms with Crippen LogP contribution in [0.1, 0.15) is 17.7 Å². The molecule has 0 radical (unpaired) electrons. The minimum absolute atomic E-state index is 0.105. The maximum atomic E-state index is 11.8. The first-order valence-electron chi connectivity index (χ1n) is 6.69. The van der Waals surface area contributed by atoms with E-state index in [1.807, 2.05) is 7.05 Å². The third-order valence-electron chi connectivity index (χ3n) is 3.30. The number of likely N-dealkylation sites (tertiary alicyclic amines) is 1. The quantitative estimate of drug-likeness (QED) is 0.737. The molecule has 0 aliphatic carbocycles. The van der Waals surface area contributed by atoms with Gasteiger partial charge in [-0.15, -0.1) is 11.3 Å². The summed E-state index contributed by atoms with van der Waals surface area (Å²) >= 11 is 1.06. The van der Waals surface area contributed by atoms with E-state index in [0.717, 1.165) is 42.1 Å². The van der Waals surface area contributed by atoms with Crippen molar-refractivity contribution in [3.05, 3.63) is 17.0 Å². The van der Waals surface area contributed by atoms with Crippen LogP contribution < -0.4 is 15.8 Å². The SMILES string of the molecule is CN1CCCC(NC(=O)NCc2ccc(S(N)(=O)=O)s2)C1. The molecule has 0 spiro atoms. The summed E-state index contributed by atoms with van der Waals surface area (Å²) in [5.74, 6) is 0. The molecule has 1 atom stereocenters. The number of hydrogen-bond acceptors (Lipinski definition) is 5. The van der Waals surface area contributed by atoms with Crippen molar-refractivity contribution in [1.82, 2.24) is 15.5 Å². The van der Waals surface area contributed by atoms with Gasteiger partial charge < -0.3 is 15.5 Å². The molecule has 1 unspecified atom stereocenters. The van der Waals surface area contributed by atoms with Gasteiger partial charge in [-0.25, -0.2) is 18.4 Å². The number of likely N-dealkylation sites (N-methyl/N-ethyl adjacent to an activating group) is 1. The van der Waals surface area contributed by atoms with E-state index in [-0.39, 0.29) is 22.8 Å². The molecule has 1 fully saturated rings. The van der Waals surface area contributed by atoms with Gasteiger partial charge >= 0.3 is 6.03 Å². The number of nitrogens with two attached hydrogens (primary N) is 1. The lowest BCUT2D eigenvalue weighted by Crippen LogP contribution is -2.49. The minimum Gasteiger partial charge on any atom is -0.334 e. The first-order chi connectivity index (χ1) is 9.84. The summed E-state index contributed by atoms with van der Waals surface area (Å²) in [7, 11) is -1.63. The molecule has 4 N–H and O–H groups in total. The summed E-state index contributed by atoms with van der Waals surface area (Å²) in [6, 6.07) is 3.03. The number of piperidine rings is 1. The van der Waals surface area contributed by atoms with E-state index in [9.17, 15) is 13.2 Å². The highest BCUT2D eigenvalue weighted by molar-refractivity contribution is 7.91. The summed E-state index contributed by atoms with van der Waals surface area (Å²) in [4.78, 5) is 14.7. The van der Waals surface area contributed by atoms with Crippen LogP contribution in [0.5, 0.6) is 0 Å². The molecule has 0 saturated carbocycles. The summed E-state index contributed by atoms with van der Waals surface area (Å²) < 4.78 is 22.4. The molecule has 21 heavy (non-hydrogen) atoms. The van der Waals surface area contributed by atoms with Gasteiger partial charge in [-0.3, -0.25) is 0 Å². The van der Waals surface area contributed by atoms with Crippen molar-refractivity contribution in [1.29, 1.82) is 0 Å². The van der Waals surface area contributed by atoms with Crippen LogP contribution in [0.25, 0.3) is 0 Å². The minimum atomic E-state index is -3.66. The Morgan fingerprint density at radius 2 is 2.29 bits per heavy atom. The first kappa shape index (κ1) is 16.2. The maximum absolute atomic E-state index is 11.8. The van der Waals surface area contributed by atoms with E-state index in [4.69, 9.17) is 5.14 Å². The smallest absolute Gasteiger partial charge is 0.315 e. The number of hydrogen-bond donors (Lipinski definition) is 3. The second kappa shape index (κ2) is 6.73. The standard InChI is InChI=1S/C12H20N4O3S2/c1-16-6-2-3-9(8-16)15-12(17)14-7-10-4-5-11(20-10)21(13,18)19/h4-5,9H,2-3,6-8H2,1H3,(H2,13,18,19)(H2,14,15,17). The Labute approximate surface area is 128 Å². The molecule has 1 aromatic heterocycles. The molecule has 1 aliphatic rings. The molecule has 0 aromatic carbocycles.